The minimum Gasteiger partial charge on any atom is -0.465 e. The predicted octanol–water partition coefficient (Wildman–Crippen LogP) is 5.86. The van der Waals surface area contributed by atoms with Crippen LogP contribution in [0.25, 0.3) is 5.65 Å². The Kier molecular flexibility index (Phi) is 12.6. The summed E-state index contributed by atoms with van der Waals surface area (Å²) in [5.41, 5.74) is 1.10. The van der Waals surface area contributed by atoms with Crippen molar-refractivity contribution in [3.63, 3.8) is 0 Å². The summed E-state index contributed by atoms with van der Waals surface area (Å²) in [7, 11) is -2.42. The third-order valence-corrected chi connectivity index (χ3v) is 11.8. The van der Waals surface area contributed by atoms with Gasteiger partial charge >= 0.3 is 5.97 Å². The highest BCUT2D eigenvalue weighted by Crippen LogP contribution is 2.44. The van der Waals surface area contributed by atoms with E-state index in [1.165, 1.54) is 0 Å². The van der Waals surface area contributed by atoms with Crippen LogP contribution in [-0.4, -0.2) is 76.6 Å². The SMILES string of the molecule is CCOC(=O)C1(CON)CCC(c2cc(N(COCC[Si](C)(C)C)COCC[Si](C)(C)C)n3ncc(I)c3n2)CC1. The van der Waals surface area contributed by atoms with Crippen molar-refractivity contribution >= 4 is 56.2 Å². The maximum Gasteiger partial charge on any atom is 0.314 e. The molecule has 0 bridgehead atoms. The highest BCUT2D eigenvalue weighted by atomic mass is 127. The minimum atomic E-state index is -1.21. The molecule has 0 aromatic carbocycles. The van der Waals surface area contributed by atoms with Crippen molar-refractivity contribution in [1.29, 1.82) is 0 Å². The van der Waals surface area contributed by atoms with E-state index in [4.69, 9.17) is 29.9 Å². The highest BCUT2D eigenvalue weighted by molar-refractivity contribution is 14.1. The van der Waals surface area contributed by atoms with Gasteiger partial charge in [0.15, 0.2) is 5.65 Å². The molecule has 1 fully saturated rings. The topological polar surface area (TPSA) is 113 Å². The number of aromatic nitrogens is 3. The largest absolute Gasteiger partial charge is 0.465 e. The number of carbonyl (C=O) groups is 1. The molecular weight excluding hydrogens is 669 g/mol. The molecule has 2 aromatic heterocycles. The molecule has 2 aromatic rings. The fourth-order valence-corrected chi connectivity index (χ4v) is 6.95. The van der Waals surface area contributed by atoms with Crippen molar-refractivity contribution < 1.29 is 23.8 Å². The predicted molar refractivity (Wildman–Crippen MR) is 177 cm³/mol. The summed E-state index contributed by atoms with van der Waals surface area (Å²) in [4.78, 5) is 25.0. The van der Waals surface area contributed by atoms with Gasteiger partial charge in [0.05, 0.1) is 28.4 Å². The summed E-state index contributed by atoms with van der Waals surface area (Å²) < 4.78 is 20.7. The van der Waals surface area contributed by atoms with Gasteiger partial charge in [-0.15, -0.1) is 0 Å². The number of nitrogens with zero attached hydrogens (tertiary/aromatic N) is 4. The number of esters is 1. The lowest BCUT2D eigenvalue weighted by atomic mass is 9.70. The van der Waals surface area contributed by atoms with E-state index in [9.17, 15) is 4.79 Å². The van der Waals surface area contributed by atoms with Gasteiger partial charge in [0.2, 0.25) is 0 Å². The van der Waals surface area contributed by atoms with Gasteiger partial charge in [-0.25, -0.2) is 10.9 Å². The molecular formula is C28H50IN5O5Si2. The van der Waals surface area contributed by atoms with Crippen molar-refractivity contribution in [2.75, 3.05) is 44.8 Å². The Morgan fingerprint density at radius 3 is 2.20 bits per heavy atom. The molecule has 3 rings (SSSR count). The Balaban J connectivity index is 1.87. The molecule has 2 N–H and O–H groups in total. The summed E-state index contributed by atoms with van der Waals surface area (Å²) in [5.74, 6) is 6.30. The third kappa shape index (κ3) is 9.96. The van der Waals surface area contributed by atoms with E-state index in [2.05, 4.69) is 77.9 Å². The smallest absolute Gasteiger partial charge is 0.314 e. The van der Waals surface area contributed by atoms with Crippen LogP contribution in [0, 0.1) is 8.99 Å². The Labute approximate surface area is 261 Å². The van der Waals surface area contributed by atoms with Crippen molar-refractivity contribution in [3.05, 3.63) is 21.5 Å². The summed E-state index contributed by atoms with van der Waals surface area (Å²) in [6.45, 7) is 18.8. The Bertz CT molecular complexity index is 1110. The van der Waals surface area contributed by atoms with Crippen LogP contribution in [0.15, 0.2) is 12.3 Å². The number of nitrogens with two attached hydrogens (primary N) is 1. The zero-order valence-electron chi connectivity index (χ0n) is 26.0. The Morgan fingerprint density at radius 1 is 1.10 bits per heavy atom. The van der Waals surface area contributed by atoms with Crippen molar-refractivity contribution in [3.8, 4) is 0 Å². The molecule has 0 spiro atoms. The van der Waals surface area contributed by atoms with Gasteiger partial charge in [0.25, 0.3) is 0 Å². The number of hydrogen-bond acceptors (Lipinski definition) is 9. The van der Waals surface area contributed by atoms with E-state index in [-0.39, 0.29) is 18.5 Å². The van der Waals surface area contributed by atoms with Crippen molar-refractivity contribution in [2.45, 2.75) is 89.9 Å². The fraction of sp³-hybridized carbons (Fsp3) is 0.750. The number of ether oxygens (including phenoxy) is 3. The van der Waals surface area contributed by atoms with Crippen LogP contribution >= 0.6 is 22.6 Å². The zero-order chi connectivity index (χ0) is 30.3. The average molecular weight is 720 g/mol. The van der Waals surface area contributed by atoms with Gasteiger partial charge in [-0.05, 0) is 67.3 Å². The molecule has 2 heterocycles. The van der Waals surface area contributed by atoms with Crippen LogP contribution in [0.1, 0.15) is 44.2 Å². The van der Waals surface area contributed by atoms with Gasteiger partial charge in [0.1, 0.15) is 19.3 Å². The van der Waals surface area contributed by atoms with Crippen LogP contribution in [-0.2, 0) is 23.8 Å². The van der Waals surface area contributed by atoms with E-state index >= 15 is 0 Å². The maximum absolute atomic E-state index is 12.8. The third-order valence-electron chi connectivity index (χ3n) is 7.67. The normalized spacial score (nSPS) is 20.0. The van der Waals surface area contributed by atoms with E-state index in [1.807, 2.05) is 17.6 Å². The number of halogens is 1. The lowest BCUT2D eigenvalue weighted by molar-refractivity contribution is -0.162. The lowest BCUT2D eigenvalue weighted by Crippen LogP contribution is -2.41. The quantitative estimate of drug-likeness (QED) is 0.0569. The minimum absolute atomic E-state index is 0.161. The van der Waals surface area contributed by atoms with Crippen LogP contribution in [0.3, 0.4) is 0 Å². The molecule has 1 aliphatic carbocycles. The molecule has 41 heavy (non-hydrogen) atoms. The first-order valence-corrected chi connectivity index (χ1v) is 23.2. The molecule has 0 atom stereocenters. The summed E-state index contributed by atoms with van der Waals surface area (Å²) in [6, 6.07) is 4.33. The molecule has 232 valence electrons. The monoisotopic (exact) mass is 719 g/mol. The molecule has 1 saturated carbocycles. The lowest BCUT2D eigenvalue weighted by Gasteiger charge is -2.37. The van der Waals surface area contributed by atoms with E-state index in [0.29, 0.717) is 32.9 Å². The first-order chi connectivity index (χ1) is 19.3. The summed E-state index contributed by atoms with van der Waals surface area (Å²) in [6.07, 6.45) is 4.69. The molecule has 13 heteroatoms. The standard InChI is InChI=1S/C28H50IN5O5Si2/c1-8-38-27(35)28(19-39-30)11-9-22(10-12-28)24-17-25(34-26(32-24)23(29)18-31-34)33(20-36-13-15-40(2,3)4)21-37-14-16-41(5,6)7/h17-18,22H,8-16,19-21,30H2,1-7H3. The van der Waals surface area contributed by atoms with E-state index in [0.717, 1.165) is 58.9 Å². The molecule has 0 radical (unpaired) electrons. The van der Waals surface area contributed by atoms with E-state index < -0.39 is 21.6 Å². The van der Waals surface area contributed by atoms with Crippen LogP contribution in [0.2, 0.25) is 51.4 Å². The molecule has 0 aliphatic heterocycles. The second-order valence-corrected chi connectivity index (χ2v) is 26.0. The second-order valence-electron chi connectivity index (χ2n) is 13.6. The molecule has 0 saturated heterocycles. The van der Waals surface area contributed by atoms with Crippen LogP contribution < -0.4 is 10.8 Å². The molecule has 10 nitrogen and oxygen atoms in total. The van der Waals surface area contributed by atoms with Crippen molar-refractivity contribution in [2.24, 2.45) is 11.3 Å². The van der Waals surface area contributed by atoms with Gasteiger partial charge in [-0.2, -0.15) is 9.61 Å². The van der Waals surface area contributed by atoms with Crippen LogP contribution in [0.4, 0.5) is 5.82 Å². The molecule has 0 unspecified atom stereocenters. The molecule has 1 aliphatic rings. The first kappa shape index (κ1) is 34.4. The first-order valence-electron chi connectivity index (χ1n) is 14.7. The average Bonchev–Trinajstić information content (AvgIpc) is 3.27. The number of rotatable bonds is 16. The maximum atomic E-state index is 12.8. The zero-order valence-corrected chi connectivity index (χ0v) is 30.2. The van der Waals surface area contributed by atoms with Gasteiger partial charge < -0.3 is 23.9 Å². The second kappa shape index (κ2) is 15.1. The van der Waals surface area contributed by atoms with Crippen molar-refractivity contribution in [1.82, 2.24) is 14.6 Å². The molecule has 0 amide bonds. The van der Waals surface area contributed by atoms with Crippen LogP contribution in [0.5, 0.6) is 0 Å². The number of fused-ring (bicyclic) bond motifs is 1. The number of hydrogen-bond donors (Lipinski definition) is 1. The highest BCUT2D eigenvalue weighted by Gasteiger charge is 2.44. The summed E-state index contributed by atoms with van der Waals surface area (Å²) in [5, 5.41) is 4.67. The van der Waals surface area contributed by atoms with Gasteiger partial charge in [-0.3, -0.25) is 4.79 Å². The number of carbonyl (C=O) groups excluding carboxylic acids is 1. The Morgan fingerprint density at radius 2 is 1.68 bits per heavy atom. The Hall–Kier alpha value is -1.11. The summed E-state index contributed by atoms with van der Waals surface area (Å²) >= 11 is 2.29. The number of anilines is 1. The van der Waals surface area contributed by atoms with E-state index in [1.54, 1.807) is 0 Å². The fourth-order valence-electron chi connectivity index (χ4n) is 4.97. The van der Waals surface area contributed by atoms with Gasteiger partial charge in [0, 0.05) is 47.0 Å². The van der Waals surface area contributed by atoms with Gasteiger partial charge in [-0.1, -0.05) is 39.3 Å².